The van der Waals surface area contributed by atoms with Crippen molar-refractivity contribution in [2.45, 2.75) is 20.0 Å². The van der Waals surface area contributed by atoms with Gasteiger partial charge in [0.2, 0.25) is 0 Å². The lowest BCUT2D eigenvalue weighted by molar-refractivity contribution is 0.0472. The fraction of sp³-hybridized carbons (Fsp3) is 0.176. The van der Waals surface area contributed by atoms with E-state index in [2.05, 4.69) is 15.0 Å². The van der Waals surface area contributed by atoms with Gasteiger partial charge in [0, 0.05) is 18.8 Å². The van der Waals surface area contributed by atoms with Crippen LogP contribution in [0.25, 0.3) is 0 Å². The number of carbonyl (C=O) groups is 1. The first-order valence-electron chi connectivity index (χ1n) is 7.24. The van der Waals surface area contributed by atoms with Crippen LogP contribution in [-0.4, -0.2) is 20.9 Å². The molecule has 0 saturated carbocycles. The van der Waals surface area contributed by atoms with Crippen LogP contribution in [-0.2, 0) is 17.8 Å². The molecule has 2 aromatic heterocycles. The van der Waals surface area contributed by atoms with E-state index in [-0.39, 0.29) is 12.4 Å². The first-order valence-corrected chi connectivity index (χ1v) is 8.06. The average Bonchev–Trinajstić information content (AvgIpc) is 2.96. The standard InChI is InChI=1S/C17H14FN3O2S/c1-11-16(17(22)23-10-14-9-19-6-7-20-14)24-15(21-11)8-12-2-4-13(18)5-3-12/h2-7,9H,8,10H2,1H3. The molecule has 0 aliphatic carbocycles. The molecular formula is C17H14FN3O2S. The third-order valence-electron chi connectivity index (χ3n) is 3.26. The van der Waals surface area contributed by atoms with E-state index in [1.165, 1.54) is 23.5 Å². The van der Waals surface area contributed by atoms with Crippen molar-refractivity contribution in [3.63, 3.8) is 0 Å². The minimum atomic E-state index is -0.430. The Kier molecular flexibility index (Phi) is 4.90. The summed E-state index contributed by atoms with van der Waals surface area (Å²) in [4.78, 5) is 25.0. The zero-order valence-electron chi connectivity index (χ0n) is 12.9. The van der Waals surface area contributed by atoms with Crippen LogP contribution in [0, 0.1) is 12.7 Å². The number of nitrogens with zero attached hydrogens (tertiary/aromatic N) is 3. The minimum Gasteiger partial charge on any atom is -0.455 e. The summed E-state index contributed by atoms with van der Waals surface area (Å²) in [5.41, 5.74) is 2.14. The molecule has 0 bridgehead atoms. The molecule has 0 N–H and O–H groups in total. The van der Waals surface area contributed by atoms with E-state index in [1.54, 1.807) is 37.6 Å². The highest BCUT2D eigenvalue weighted by molar-refractivity contribution is 7.13. The predicted octanol–water partition coefficient (Wildman–Crippen LogP) is 3.33. The first kappa shape index (κ1) is 16.2. The molecule has 0 amide bonds. The van der Waals surface area contributed by atoms with Gasteiger partial charge in [0.05, 0.1) is 22.6 Å². The molecule has 24 heavy (non-hydrogen) atoms. The molecule has 0 radical (unpaired) electrons. The molecule has 0 atom stereocenters. The van der Waals surface area contributed by atoms with Crippen molar-refractivity contribution in [2.24, 2.45) is 0 Å². The summed E-state index contributed by atoms with van der Waals surface area (Å²) >= 11 is 1.29. The zero-order valence-corrected chi connectivity index (χ0v) is 13.7. The fourth-order valence-electron chi connectivity index (χ4n) is 2.10. The highest BCUT2D eigenvalue weighted by atomic mass is 32.1. The van der Waals surface area contributed by atoms with Crippen molar-refractivity contribution < 1.29 is 13.9 Å². The van der Waals surface area contributed by atoms with Crippen LogP contribution in [0.4, 0.5) is 4.39 Å². The van der Waals surface area contributed by atoms with Crippen molar-refractivity contribution in [3.8, 4) is 0 Å². The Hall–Kier alpha value is -2.67. The molecule has 1 aromatic carbocycles. The molecule has 0 aliphatic heterocycles. The van der Waals surface area contributed by atoms with E-state index in [0.717, 1.165) is 10.6 Å². The normalized spacial score (nSPS) is 10.6. The molecular weight excluding hydrogens is 329 g/mol. The third kappa shape index (κ3) is 3.99. The van der Waals surface area contributed by atoms with Crippen molar-refractivity contribution in [2.75, 3.05) is 0 Å². The molecule has 3 aromatic rings. The fourth-order valence-corrected chi connectivity index (χ4v) is 3.10. The number of esters is 1. The van der Waals surface area contributed by atoms with Gasteiger partial charge in [-0.2, -0.15) is 0 Å². The average molecular weight is 343 g/mol. The van der Waals surface area contributed by atoms with Crippen LogP contribution in [0.3, 0.4) is 0 Å². The number of rotatable bonds is 5. The lowest BCUT2D eigenvalue weighted by Gasteiger charge is -2.02. The molecule has 2 heterocycles. The zero-order chi connectivity index (χ0) is 16.9. The van der Waals surface area contributed by atoms with E-state index in [9.17, 15) is 9.18 Å². The Morgan fingerprint density at radius 3 is 2.75 bits per heavy atom. The molecule has 5 nitrogen and oxygen atoms in total. The van der Waals surface area contributed by atoms with Gasteiger partial charge in [0.1, 0.15) is 17.3 Å². The number of aromatic nitrogens is 3. The lowest BCUT2D eigenvalue weighted by atomic mass is 10.1. The third-order valence-corrected chi connectivity index (χ3v) is 4.40. The van der Waals surface area contributed by atoms with E-state index >= 15 is 0 Å². The van der Waals surface area contributed by atoms with Gasteiger partial charge in [-0.25, -0.2) is 14.2 Å². The van der Waals surface area contributed by atoms with Crippen LogP contribution < -0.4 is 0 Å². The van der Waals surface area contributed by atoms with Gasteiger partial charge in [-0.05, 0) is 24.6 Å². The molecule has 7 heteroatoms. The molecule has 122 valence electrons. The topological polar surface area (TPSA) is 65.0 Å². The van der Waals surface area contributed by atoms with Gasteiger partial charge in [-0.15, -0.1) is 11.3 Å². The van der Waals surface area contributed by atoms with Crippen LogP contribution in [0.5, 0.6) is 0 Å². The van der Waals surface area contributed by atoms with E-state index in [4.69, 9.17) is 4.74 Å². The number of hydrogen-bond donors (Lipinski definition) is 0. The van der Waals surface area contributed by atoms with Crippen molar-refractivity contribution in [1.29, 1.82) is 0 Å². The van der Waals surface area contributed by atoms with E-state index in [0.29, 0.717) is 22.7 Å². The van der Waals surface area contributed by atoms with Gasteiger partial charge in [-0.1, -0.05) is 12.1 Å². The molecule has 3 rings (SSSR count). The predicted molar refractivity (Wildman–Crippen MR) is 87.2 cm³/mol. The van der Waals surface area contributed by atoms with Crippen LogP contribution in [0.1, 0.15) is 31.6 Å². The van der Waals surface area contributed by atoms with E-state index in [1.807, 2.05) is 0 Å². The Balaban J connectivity index is 1.66. The van der Waals surface area contributed by atoms with Crippen LogP contribution in [0.15, 0.2) is 42.9 Å². The molecule has 0 aliphatic rings. The number of carbonyl (C=O) groups excluding carboxylic acids is 1. The summed E-state index contributed by atoms with van der Waals surface area (Å²) < 4.78 is 18.2. The summed E-state index contributed by atoms with van der Waals surface area (Å²) in [6, 6.07) is 6.23. The summed E-state index contributed by atoms with van der Waals surface area (Å²) in [6.45, 7) is 1.83. The Morgan fingerprint density at radius 1 is 1.25 bits per heavy atom. The summed E-state index contributed by atoms with van der Waals surface area (Å²) in [6.07, 6.45) is 5.19. The second kappa shape index (κ2) is 7.27. The van der Waals surface area contributed by atoms with Gasteiger partial charge in [0.15, 0.2) is 0 Å². The van der Waals surface area contributed by atoms with Crippen molar-refractivity contribution in [1.82, 2.24) is 15.0 Å². The summed E-state index contributed by atoms with van der Waals surface area (Å²) in [5, 5.41) is 0.783. The second-order valence-electron chi connectivity index (χ2n) is 5.10. The number of halogens is 1. The Morgan fingerprint density at radius 2 is 2.04 bits per heavy atom. The highest BCUT2D eigenvalue weighted by Gasteiger charge is 2.17. The number of benzene rings is 1. The van der Waals surface area contributed by atoms with Gasteiger partial charge in [-0.3, -0.25) is 9.97 Å². The maximum Gasteiger partial charge on any atom is 0.350 e. The quantitative estimate of drug-likeness (QED) is 0.665. The van der Waals surface area contributed by atoms with Crippen LogP contribution in [0.2, 0.25) is 0 Å². The van der Waals surface area contributed by atoms with Gasteiger partial charge >= 0.3 is 5.97 Å². The van der Waals surface area contributed by atoms with E-state index < -0.39 is 5.97 Å². The molecule has 0 saturated heterocycles. The number of thiazole rings is 1. The smallest absolute Gasteiger partial charge is 0.350 e. The highest BCUT2D eigenvalue weighted by Crippen LogP contribution is 2.22. The van der Waals surface area contributed by atoms with Crippen molar-refractivity contribution >= 4 is 17.3 Å². The van der Waals surface area contributed by atoms with Gasteiger partial charge < -0.3 is 4.74 Å². The molecule has 0 fully saturated rings. The molecule has 0 unspecified atom stereocenters. The monoisotopic (exact) mass is 343 g/mol. The SMILES string of the molecule is Cc1nc(Cc2ccc(F)cc2)sc1C(=O)OCc1cnccn1. The largest absolute Gasteiger partial charge is 0.455 e. The van der Waals surface area contributed by atoms with Crippen molar-refractivity contribution in [3.05, 3.63) is 75.5 Å². The lowest BCUT2D eigenvalue weighted by Crippen LogP contribution is -2.05. The molecule has 0 spiro atoms. The number of aryl methyl sites for hydroxylation is 1. The number of hydrogen-bond acceptors (Lipinski definition) is 6. The maximum atomic E-state index is 12.9. The second-order valence-corrected chi connectivity index (χ2v) is 6.18. The number of ether oxygens (including phenoxy) is 1. The van der Waals surface area contributed by atoms with Gasteiger partial charge in [0.25, 0.3) is 0 Å². The maximum absolute atomic E-state index is 12.9. The summed E-state index contributed by atoms with van der Waals surface area (Å²) in [5.74, 6) is -0.705. The Labute approximate surface area is 142 Å². The minimum absolute atomic E-state index is 0.0668. The summed E-state index contributed by atoms with van der Waals surface area (Å²) in [7, 11) is 0. The Bertz CT molecular complexity index is 835. The van der Waals surface area contributed by atoms with Crippen LogP contribution >= 0.6 is 11.3 Å². The first-order chi connectivity index (χ1) is 11.6.